The maximum absolute atomic E-state index is 5.67. The van der Waals surface area contributed by atoms with E-state index in [2.05, 4.69) is 24.1 Å². The molecule has 1 fully saturated rings. The molecule has 94 valence electrons. The molecular formula is C14H22N2O. The van der Waals surface area contributed by atoms with Crippen molar-refractivity contribution >= 4 is 11.4 Å². The van der Waals surface area contributed by atoms with Gasteiger partial charge in [0.15, 0.2) is 0 Å². The monoisotopic (exact) mass is 234 g/mol. The summed E-state index contributed by atoms with van der Waals surface area (Å²) in [6, 6.07) is 8.04. The maximum Gasteiger partial charge on any atom is 0.0576 e. The Labute approximate surface area is 104 Å². The van der Waals surface area contributed by atoms with Crippen LogP contribution in [0.4, 0.5) is 11.4 Å². The molecule has 1 unspecified atom stereocenters. The lowest BCUT2D eigenvalue weighted by molar-refractivity contribution is 0.103. The van der Waals surface area contributed by atoms with E-state index in [0.29, 0.717) is 6.10 Å². The summed E-state index contributed by atoms with van der Waals surface area (Å²) in [5, 5.41) is 0. The van der Waals surface area contributed by atoms with Crippen LogP contribution in [0.2, 0.25) is 0 Å². The number of benzene rings is 1. The van der Waals surface area contributed by atoms with Crippen LogP contribution in [0.15, 0.2) is 24.3 Å². The first-order valence-corrected chi connectivity index (χ1v) is 6.44. The van der Waals surface area contributed by atoms with Gasteiger partial charge in [0.05, 0.1) is 6.10 Å². The van der Waals surface area contributed by atoms with Gasteiger partial charge in [0.25, 0.3) is 0 Å². The van der Waals surface area contributed by atoms with Crippen LogP contribution in [0.1, 0.15) is 25.7 Å². The van der Waals surface area contributed by atoms with Crippen LogP contribution in [-0.2, 0) is 4.74 Å². The van der Waals surface area contributed by atoms with Gasteiger partial charge >= 0.3 is 0 Å². The molecule has 0 aliphatic carbocycles. The van der Waals surface area contributed by atoms with Gasteiger partial charge in [-0.05, 0) is 49.9 Å². The van der Waals surface area contributed by atoms with Gasteiger partial charge in [-0.3, -0.25) is 0 Å². The number of nitrogens with zero attached hydrogens (tertiary/aromatic N) is 1. The molecule has 0 bridgehead atoms. The van der Waals surface area contributed by atoms with Crippen molar-refractivity contribution in [1.29, 1.82) is 0 Å². The molecule has 17 heavy (non-hydrogen) atoms. The summed E-state index contributed by atoms with van der Waals surface area (Å²) in [6.07, 6.45) is 5.35. The molecule has 0 aromatic heterocycles. The quantitative estimate of drug-likeness (QED) is 0.796. The van der Waals surface area contributed by atoms with Crippen molar-refractivity contribution in [1.82, 2.24) is 0 Å². The van der Waals surface area contributed by atoms with Crippen LogP contribution in [0.3, 0.4) is 0 Å². The molecule has 2 N–H and O–H groups in total. The third kappa shape index (κ3) is 3.63. The molecule has 3 nitrogen and oxygen atoms in total. The number of ether oxygens (including phenoxy) is 1. The SMILES string of the molecule is CN(CCCC1CCCO1)c1ccc(N)cc1. The minimum absolute atomic E-state index is 0.509. The zero-order valence-corrected chi connectivity index (χ0v) is 10.6. The van der Waals surface area contributed by atoms with Crippen LogP contribution in [0.25, 0.3) is 0 Å². The normalized spacial score (nSPS) is 19.5. The van der Waals surface area contributed by atoms with Crippen molar-refractivity contribution in [3.63, 3.8) is 0 Å². The van der Waals surface area contributed by atoms with Crippen molar-refractivity contribution in [2.24, 2.45) is 0 Å². The highest BCUT2D eigenvalue weighted by Crippen LogP contribution is 2.19. The number of rotatable bonds is 5. The Morgan fingerprint density at radius 2 is 2.12 bits per heavy atom. The molecule has 3 heteroatoms. The molecule has 1 saturated heterocycles. The van der Waals surface area contributed by atoms with Crippen LogP contribution >= 0.6 is 0 Å². The largest absolute Gasteiger partial charge is 0.399 e. The third-order valence-electron chi connectivity index (χ3n) is 3.38. The van der Waals surface area contributed by atoms with Gasteiger partial charge in [0.1, 0.15) is 0 Å². The molecule has 0 radical (unpaired) electrons. The van der Waals surface area contributed by atoms with E-state index in [0.717, 1.165) is 18.8 Å². The average molecular weight is 234 g/mol. The molecule has 1 heterocycles. The minimum atomic E-state index is 0.509. The lowest BCUT2D eigenvalue weighted by Gasteiger charge is -2.20. The molecule has 0 amide bonds. The second-order valence-electron chi connectivity index (χ2n) is 4.79. The topological polar surface area (TPSA) is 38.5 Å². The van der Waals surface area contributed by atoms with Crippen LogP contribution in [0, 0.1) is 0 Å². The summed E-state index contributed by atoms with van der Waals surface area (Å²) in [6.45, 7) is 2.03. The summed E-state index contributed by atoms with van der Waals surface area (Å²) in [4.78, 5) is 2.27. The molecule has 1 aliphatic heterocycles. The van der Waals surface area contributed by atoms with E-state index in [1.54, 1.807) is 0 Å². The average Bonchev–Trinajstić information content (AvgIpc) is 2.83. The van der Waals surface area contributed by atoms with Crippen molar-refractivity contribution in [3.8, 4) is 0 Å². The highest BCUT2D eigenvalue weighted by atomic mass is 16.5. The molecular weight excluding hydrogens is 212 g/mol. The van der Waals surface area contributed by atoms with Gasteiger partial charge in [0, 0.05) is 31.6 Å². The minimum Gasteiger partial charge on any atom is -0.399 e. The molecule has 1 aromatic carbocycles. The molecule has 0 saturated carbocycles. The molecule has 2 rings (SSSR count). The molecule has 0 spiro atoms. The number of hydrogen-bond donors (Lipinski definition) is 1. The lowest BCUT2D eigenvalue weighted by Crippen LogP contribution is -2.19. The molecule has 1 aromatic rings. The fourth-order valence-corrected chi connectivity index (χ4v) is 2.29. The van der Waals surface area contributed by atoms with E-state index in [4.69, 9.17) is 10.5 Å². The summed E-state index contributed by atoms with van der Waals surface area (Å²) in [7, 11) is 2.13. The molecule has 1 atom stereocenters. The fourth-order valence-electron chi connectivity index (χ4n) is 2.29. The standard InChI is InChI=1S/C14H22N2O/c1-16(13-8-6-12(15)7-9-13)10-2-4-14-5-3-11-17-14/h6-9,14H,2-5,10-11,15H2,1H3. The van der Waals surface area contributed by atoms with Crippen LogP contribution < -0.4 is 10.6 Å². The summed E-state index contributed by atoms with van der Waals surface area (Å²) in [5.41, 5.74) is 7.72. The summed E-state index contributed by atoms with van der Waals surface area (Å²) in [5.74, 6) is 0. The smallest absolute Gasteiger partial charge is 0.0576 e. The van der Waals surface area contributed by atoms with Crippen LogP contribution in [0.5, 0.6) is 0 Å². The van der Waals surface area contributed by atoms with Crippen molar-refractivity contribution in [2.75, 3.05) is 30.8 Å². The highest BCUT2D eigenvalue weighted by Gasteiger charge is 2.14. The second kappa shape index (κ2) is 5.92. The Morgan fingerprint density at radius 3 is 2.76 bits per heavy atom. The van der Waals surface area contributed by atoms with Gasteiger partial charge in [-0.1, -0.05) is 0 Å². The zero-order valence-electron chi connectivity index (χ0n) is 10.6. The van der Waals surface area contributed by atoms with Gasteiger partial charge in [0.2, 0.25) is 0 Å². The van der Waals surface area contributed by atoms with Gasteiger partial charge < -0.3 is 15.4 Å². The Morgan fingerprint density at radius 1 is 1.35 bits per heavy atom. The van der Waals surface area contributed by atoms with Gasteiger partial charge in [-0.2, -0.15) is 0 Å². The first-order chi connectivity index (χ1) is 8.25. The Balaban J connectivity index is 1.72. The Bertz CT molecular complexity index is 331. The van der Waals surface area contributed by atoms with Crippen molar-refractivity contribution in [2.45, 2.75) is 31.8 Å². The van der Waals surface area contributed by atoms with E-state index in [1.165, 1.54) is 31.4 Å². The maximum atomic E-state index is 5.67. The Hall–Kier alpha value is -1.22. The second-order valence-corrected chi connectivity index (χ2v) is 4.79. The van der Waals surface area contributed by atoms with Crippen molar-refractivity contribution in [3.05, 3.63) is 24.3 Å². The number of hydrogen-bond acceptors (Lipinski definition) is 3. The first-order valence-electron chi connectivity index (χ1n) is 6.44. The van der Waals surface area contributed by atoms with Crippen molar-refractivity contribution < 1.29 is 4.74 Å². The predicted octanol–water partition coefficient (Wildman–Crippen LogP) is 2.66. The lowest BCUT2D eigenvalue weighted by atomic mass is 10.1. The fraction of sp³-hybridized carbons (Fsp3) is 0.571. The van der Waals surface area contributed by atoms with E-state index in [-0.39, 0.29) is 0 Å². The number of anilines is 2. The first kappa shape index (κ1) is 12.2. The van der Waals surface area contributed by atoms with Gasteiger partial charge in [-0.15, -0.1) is 0 Å². The van der Waals surface area contributed by atoms with E-state index in [1.807, 2.05) is 12.1 Å². The predicted molar refractivity (Wildman–Crippen MR) is 72.3 cm³/mol. The number of nitrogens with two attached hydrogens (primary N) is 1. The van der Waals surface area contributed by atoms with E-state index in [9.17, 15) is 0 Å². The van der Waals surface area contributed by atoms with Gasteiger partial charge in [-0.25, -0.2) is 0 Å². The highest BCUT2D eigenvalue weighted by molar-refractivity contribution is 5.52. The van der Waals surface area contributed by atoms with E-state index >= 15 is 0 Å². The zero-order chi connectivity index (χ0) is 12.1. The number of nitrogen functional groups attached to an aromatic ring is 1. The van der Waals surface area contributed by atoms with Crippen LogP contribution in [-0.4, -0.2) is 26.3 Å². The summed E-state index contributed by atoms with van der Waals surface area (Å²) >= 11 is 0. The molecule has 1 aliphatic rings. The summed E-state index contributed by atoms with van der Waals surface area (Å²) < 4.78 is 5.62. The Kier molecular flexibility index (Phi) is 4.26. The van der Waals surface area contributed by atoms with E-state index < -0.39 is 0 Å². The third-order valence-corrected chi connectivity index (χ3v) is 3.38.